The number of nitrogens with one attached hydrogen (secondary N) is 1. The number of carbonyl (C=O) groups excluding carboxylic acids is 1. The van der Waals surface area contributed by atoms with Gasteiger partial charge in [-0.2, -0.15) is 15.0 Å². The van der Waals surface area contributed by atoms with Crippen molar-refractivity contribution in [3.63, 3.8) is 0 Å². The summed E-state index contributed by atoms with van der Waals surface area (Å²) in [5.74, 6) is -0.289. The maximum absolute atomic E-state index is 12.4. The van der Waals surface area contributed by atoms with E-state index in [1.165, 1.54) is 11.0 Å². The van der Waals surface area contributed by atoms with Crippen LogP contribution in [0.1, 0.15) is 16.1 Å². The minimum atomic E-state index is -0.289. The molecule has 0 saturated carbocycles. The zero-order valence-electron chi connectivity index (χ0n) is 14.6. The lowest BCUT2D eigenvalue weighted by Crippen LogP contribution is -2.23. The Labute approximate surface area is 155 Å². The Morgan fingerprint density at radius 1 is 1.07 bits per heavy atom. The molecule has 0 unspecified atom stereocenters. The highest BCUT2D eigenvalue weighted by Crippen LogP contribution is 2.18. The standard InChI is InChI=1S/C19H17N7O/c1-25-18(7-8-22-25)15-9-14(10-20-12-15)11-21-19(27)17-13-23-26(24-17)16-5-3-2-4-6-16/h2-10,12-13H,11H2,1H3,(H,21,27). The van der Waals surface area contributed by atoms with Crippen LogP contribution in [0.4, 0.5) is 0 Å². The number of para-hydroxylation sites is 1. The monoisotopic (exact) mass is 359 g/mol. The van der Waals surface area contributed by atoms with Gasteiger partial charge in [-0.15, -0.1) is 5.10 Å². The van der Waals surface area contributed by atoms with Crippen LogP contribution >= 0.6 is 0 Å². The van der Waals surface area contributed by atoms with E-state index >= 15 is 0 Å². The lowest BCUT2D eigenvalue weighted by molar-refractivity contribution is 0.0945. The van der Waals surface area contributed by atoms with Crippen LogP contribution in [0, 0.1) is 0 Å². The van der Waals surface area contributed by atoms with Crippen molar-refractivity contribution in [1.29, 1.82) is 0 Å². The van der Waals surface area contributed by atoms with E-state index in [2.05, 4.69) is 25.6 Å². The molecule has 4 rings (SSSR count). The molecule has 8 heteroatoms. The molecule has 0 aliphatic heterocycles. The smallest absolute Gasteiger partial charge is 0.273 e. The number of hydrogen-bond acceptors (Lipinski definition) is 5. The average molecular weight is 359 g/mol. The van der Waals surface area contributed by atoms with Gasteiger partial charge in [-0.25, -0.2) is 0 Å². The highest BCUT2D eigenvalue weighted by Gasteiger charge is 2.12. The normalized spacial score (nSPS) is 10.7. The molecule has 0 aliphatic rings. The summed E-state index contributed by atoms with van der Waals surface area (Å²) in [6.45, 7) is 0.343. The minimum absolute atomic E-state index is 0.259. The van der Waals surface area contributed by atoms with Gasteiger partial charge in [-0.05, 0) is 29.8 Å². The van der Waals surface area contributed by atoms with Crippen molar-refractivity contribution >= 4 is 5.91 Å². The van der Waals surface area contributed by atoms with Crippen LogP contribution < -0.4 is 5.32 Å². The van der Waals surface area contributed by atoms with E-state index in [1.54, 1.807) is 23.3 Å². The molecule has 4 aromatic rings. The molecular formula is C19H17N7O. The van der Waals surface area contributed by atoms with E-state index in [0.717, 1.165) is 22.5 Å². The van der Waals surface area contributed by atoms with Gasteiger partial charge in [0.1, 0.15) is 0 Å². The molecule has 0 bridgehead atoms. The van der Waals surface area contributed by atoms with E-state index in [-0.39, 0.29) is 11.6 Å². The molecule has 0 spiro atoms. The summed E-state index contributed by atoms with van der Waals surface area (Å²) in [6, 6.07) is 13.3. The van der Waals surface area contributed by atoms with E-state index in [9.17, 15) is 4.79 Å². The number of benzene rings is 1. The molecule has 1 amide bonds. The lowest BCUT2D eigenvalue weighted by atomic mass is 10.1. The molecule has 0 atom stereocenters. The molecule has 8 nitrogen and oxygen atoms in total. The van der Waals surface area contributed by atoms with Crippen LogP contribution in [0.3, 0.4) is 0 Å². The molecular weight excluding hydrogens is 342 g/mol. The number of carbonyl (C=O) groups is 1. The summed E-state index contributed by atoms with van der Waals surface area (Å²) >= 11 is 0. The van der Waals surface area contributed by atoms with E-state index in [0.29, 0.717) is 6.54 Å². The summed E-state index contributed by atoms with van der Waals surface area (Å²) in [6.07, 6.45) is 6.68. The first-order valence-electron chi connectivity index (χ1n) is 8.39. The largest absolute Gasteiger partial charge is 0.346 e. The third-order valence-corrected chi connectivity index (χ3v) is 4.08. The molecule has 134 valence electrons. The molecule has 1 N–H and O–H groups in total. The fourth-order valence-electron chi connectivity index (χ4n) is 2.71. The minimum Gasteiger partial charge on any atom is -0.346 e. The number of aryl methyl sites for hydroxylation is 1. The van der Waals surface area contributed by atoms with E-state index in [4.69, 9.17) is 0 Å². The fourth-order valence-corrected chi connectivity index (χ4v) is 2.71. The van der Waals surface area contributed by atoms with Crippen molar-refractivity contribution in [3.8, 4) is 16.9 Å². The Kier molecular flexibility index (Phi) is 4.44. The van der Waals surface area contributed by atoms with Crippen LogP contribution in [-0.4, -0.2) is 35.7 Å². The average Bonchev–Trinajstić information content (AvgIpc) is 3.36. The molecule has 0 aliphatic carbocycles. The zero-order chi connectivity index (χ0) is 18.6. The third kappa shape index (κ3) is 3.59. The van der Waals surface area contributed by atoms with Gasteiger partial charge >= 0.3 is 0 Å². The van der Waals surface area contributed by atoms with Gasteiger partial charge in [0.2, 0.25) is 0 Å². The molecule has 1 aromatic carbocycles. The van der Waals surface area contributed by atoms with E-state index < -0.39 is 0 Å². The van der Waals surface area contributed by atoms with Crippen molar-refractivity contribution in [2.45, 2.75) is 6.54 Å². The SMILES string of the molecule is Cn1nccc1-c1cncc(CNC(=O)c2cnn(-c3ccccc3)n2)c1. The summed E-state index contributed by atoms with van der Waals surface area (Å²) < 4.78 is 1.78. The quantitative estimate of drug-likeness (QED) is 0.588. The maximum atomic E-state index is 12.4. The summed E-state index contributed by atoms with van der Waals surface area (Å²) in [4.78, 5) is 18.1. The van der Waals surface area contributed by atoms with Gasteiger partial charge in [0.15, 0.2) is 5.69 Å². The first-order chi connectivity index (χ1) is 13.2. The number of aromatic nitrogens is 6. The molecule has 0 fully saturated rings. The van der Waals surface area contributed by atoms with Crippen LogP contribution in [-0.2, 0) is 13.6 Å². The molecule has 27 heavy (non-hydrogen) atoms. The van der Waals surface area contributed by atoms with Crippen LogP contribution in [0.15, 0.2) is 67.3 Å². The van der Waals surface area contributed by atoms with Crippen molar-refractivity contribution in [2.24, 2.45) is 7.05 Å². The van der Waals surface area contributed by atoms with Crippen LogP contribution in [0.2, 0.25) is 0 Å². The molecule has 0 radical (unpaired) electrons. The van der Waals surface area contributed by atoms with Crippen LogP contribution in [0.5, 0.6) is 0 Å². The number of rotatable bonds is 5. The second-order valence-corrected chi connectivity index (χ2v) is 5.96. The Balaban J connectivity index is 1.44. The predicted octanol–water partition coefficient (Wildman–Crippen LogP) is 1.99. The number of amides is 1. The van der Waals surface area contributed by atoms with Crippen molar-refractivity contribution < 1.29 is 4.79 Å². The zero-order valence-corrected chi connectivity index (χ0v) is 14.6. The number of pyridine rings is 1. The number of hydrogen-bond donors (Lipinski definition) is 1. The van der Waals surface area contributed by atoms with Gasteiger partial charge in [-0.3, -0.25) is 14.5 Å². The van der Waals surface area contributed by atoms with Gasteiger partial charge in [0.25, 0.3) is 5.91 Å². The first kappa shape index (κ1) is 16.6. The van der Waals surface area contributed by atoms with Gasteiger partial charge in [0.05, 0.1) is 17.6 Å². The molecule has 3 aromatic heterocycles. The van der Waals surface area contributed by atoms with Gasteiger partial charge < -0.3 is 5.32 Å². The van der Waals surface area contributed by atoms with Crippen LogP contribution in [0.25, 0.3) is 16.9 Å². The fraction of sp³-hybridized carbons (Fsp3) is 0.105. The van der Waals surface area contributed by atoms with Crippen molar-refractivity contribution in [1.82, 2.24) is 35.1 Å². The molecule has 0 saturated heterocycles. The third-order valence-electron chi connectivity index (χ3n) is 4.08. The Bertz CT molecular complexity index is 1070. The maximum Gasteiger partial charge on any atom is 0.273 e. The second kappa shape index (κ2) is 7.20. The highest BCUT2D eigenvalue weighted by molar-refractivity contribution is 5.91. The summed E-state index contributed by atoms with van der Waals surface area (Å²) in [7, 11) is 1.87. The van der Waals surface area contributed by atoms with Gasteiger partial charge in [0, 0.05) is 37.7 Å². The Hall–Kier alpha value is -3.81. The number of nitrogens with zero attached hydrogens (tertiary/aromatic N) is 6. The summed E-state index contributed by atoms with van der Waals surface area (Å²) in [5.41, 5.74) is 3.84. The predicted molar refractivity (Wildman–Crippen MR) is 99.0 cm³/mol. The Morgan fingerprint density at radius 3 is 2.70 bits per heavy atom. The second-order valence-electron chi connectivity index (χ2n) is 5.96. The molecule has 3 heterocycles. The highest BCUT2D eigenvalue weighted by atomic mass is 16.2. The topological polar surface area (TPSA) is 90.5 Å². The first-order valence-corrected chi connectivity index (χ1v) is 8.39. The van der Waals surface area contributed by atoms with Crippen molar-refractivity contribution in [2.75, 3.05) is 0 Å². The lowest BCUT2D eigenvalue weighted by Gasteiger charge is -2.06. The van der Waals surface area contributed by atoms with E-state index in [1.807, 2.05) is 49.5 Å². The van der Waals surface area contributed by atoms with Gasteiger partial charge in [-0.1, -0.05) is 18.2 Å². The Morgan fingerprint density at radius 2 is 1.93 bits per heavy atom. The summed E-state index contributed by atoms with van der Waals surface area (Å²) in [5, 5.41) is 15.4. The van der Waals surface area contributed by atoms with Crippen molar-refractivity contribution in [3.05, 3.63) is 78.5 Å².